The zero-order valence-electron chi connectivity index (χ0n) is 16.7. The lowest BCUT2D eigenvalue weighted by atomic mass is 10.2. The fourth-order valence-corrected chi connectivity index (χ4v) is 3.49. The molecule has 158 valence electrons. The van der Waals surface area contributed by atoms with Gasteiger partial charge in [0.25, 0.3) is 0 Å². The van der Waals surface area contributed by atoms with Crippen LogP contribution in [0.1, 0.15) is 18.9 Å². The highest BCUT2D eigenvalue weighted by Crippen LogP contribution is 2.20. The van der Waals surface area contributed by atoms with Crippen LogP contribution in [0.25, 0.3) is 0 Å². The summed E-state index contributed by atoms with van der Waals surface area (Å²) in [6.45, 7) is 5.27. The predicted octanol–water partition coefficient (Wildman–Crippen LogP) is 2.24. The van der Waals surface area contributed by atoms with E-state index in [4.69, 9.17) is 0 Å². The lowest BCUT2D eigenvalue weighted by Gasteiger charge is -2.21. The third kappa shape index (κ3) is 6.67. The highest BCUT2D eigenvalue weighted by Gasteiger charge is 2.29. The number of hydrogen-bond acceptors (Lipinski definition) is 5. The van der Waals surface area contributed by atoms with Gasteiger partial charge in [0.05, 0.1) is 11.5 Å². The first-order valence-electron chi connectivity index (χ1n) is 9.47. The van der Waals surface area contributed by atoms with E-state index >= 15 is 0 Å². The molecule has 1 aromatic carbocycles. The van der Waals surface area contributed by atoms with Gasteiger partial charge in [-0.2, -0.15) is 5.10 Å². The minimum absolute atomic E-state index is 0. The molecule has 0 aliphatic carbocycles. The summed E-state index contributed by atoms with van der Waals surface area (Å²) in [5.41, 5.74) is 1.33. The zero-order chi connectivity index (χ0) is 19.9. The summed E-state index contributed by atoms with van der Waals surface area (Å²) >= 11 is 0. The van der Waals surface area contributed by atoms with Crippen LogP contribution in [0.4, 0.5) is 5.69 Å². The molecule has 2 atom stereocenters. The Morgan fingerprint density at radius 2 is 2.14 bits per heavy atom. The molecule has 0 saturated carbocycles. The largest absolute Gasteiger partial charge is 0.355 e. The number of benzene rings is 1. The number of rotatable bonds is 7. The highest BCUT2D eigenvalue weighted by atomic mass is 127. The third-order valence-corrected chi connectivity index (χ3v) is 4.96. The van der Waals surface area contributed by atoms with Crippen molar-refractivity contribution < 1.29 is 4.92 Å². The topological polar surface area (TPSA) is 101 Å². The molecule has 10 heteroatoms. The van der Waals surface area contributed by atoms with Gasteiger partial charge in [0, 0.05) is 38.8 Å². The van der Waals surface area contributed by atoms with Gasteiger partial charge in [-0.1, -0.05) is 30.3 Å². The molecule has 2 unspecified atom stereocenters. The smallest absolute Gasteiger partial charge is 0.306 e. The lowest BCUT2D eigenvalue weighted by Crippen LogP contribution is -2.45. The molecule has 0 spiro atoms. The van der Waals surface area contributed by atoms with Gasteiger partial charge in [-0.25, -0.2) is 0 Å². The molecule has 1 aliphatic rings. The summed E-state index contributed by atoms with van der Waals surface area (Å²) in [5, 5.41) is 21.4. The number of halogens is 1. The van der Waals surface area contributed by atoms with Crippen molar-refractivity contribution in [3.05, 3.63) is 58.4 Å². The molecule has 2 heterocycles. The molecule has 0 amide bonds. The van der Waals surface area contributed by atoms with Crippen LogP contribution in [0.3, 0.4) is 0 Å². The first-order chi connectivity index (χ1) is 13.5. The molecule has 2 aromatic rings. The standard InChI is InChI=1S/C19H27N7O2.HI/c1-15-10-17(13-24(15)12-16-6-4-3-5-7-16)23-19(20-2)21-8-9-25-14-18(11-22-25)26(27)28;/h3-7,11,14-15,17H,8-10,12-13H2,1-2H3,(H2,20,21,23);1H. The Morgan fingerprint density at radius 3 is 2.79 bits per heavy atom. The number of likely N-dealkylation sites (tertiary alicyclic amines) is 1. The molecule has 2 N–H and O–H groups in total. The highest BCUT2D eigenvalue weighted by molar-refractivity contribution is 14.0. The fraction of sp³-hybridized carbons (Fsp3) is 0.474. The number of aromatic nitrogens is 2. The van der Waals surface area contributed by atoms with Gasteiger partial charge in [-0.15, -0.1) is 24.0 Å². The second-order valence-corrected chi connectivity index (χ2v) is 7.06. The van der Waals surface area contributed by atoms with Crippen molar-refractivity contribution in [3.8, 4) is 0 Å². The summed E-state index contributed by atoms with van der Waals surface area (Å²) in [5.74, 6) is 0.736. The minimum Gasteiger partial charge on any atom is -0.355 e. The lowest BCUT2D eigenvalue weighted by molar-refractivity contribution is -0.385. The van der Waals surface area contributed by atoms with Crippen molar-refractivity contribution in [2.75, 3.05) is 20.1 Å². The molecule has 1 aliphatic heterocycles. The first kappa shape index (κ1) is 23.1. The summed E-state index contributed by atoms with van der Waals surface area (Å²) in [6, 6.07) is 11.3. The molecule has 29 heavy (non-hydrogen) atoms. The van der Waals surface area contributed by atoms with Crippen LogP contribution in [0.5, 0.6) is 0 Å². The van der Waals surface area contributed by atoms with Gasteiger partial charge in [0.15, 0.2) is 5.96 Å². The number of nitrogens with one attached hydrogen (secondary N) is 2. The van der Waals surface area contributed by atoms with Crippen LogP contribution in [-0.2, 0) is 13.1 Å². The molecule has 1 saturated heterocycles. The van der Waals surface area contributed by atoms with Crippen molar-refractivity contribution in [2.45, 2.75) is 38.5 Å². The molecule has 0 bridgehead atoms. The van der Waals surface area contributed by atoms with Crippen molar-refractivity contribution in [1.29, 1.82) is 0 Å². The minimum atomic E-state index is -0.445. The SMILES string of the molecule is CN=C(NCCn1cc([N+](=O)[O-])cn1)NC1CC(C)N(Cc2ccccc2)C1.I. The maximum absolute atomic E-state index is 10.7. The third-order valence-electron chi connectivity index (χ3n) is 4.96. The van der Waals surface area contributed by atoms with E-state index in [1.165, 1.54) is 18.0 Å². The Bertz CT molecular complexity index is 812. The number of nitro groups is 1. The Labute approximate surface area is 187 Å². The van der Waals surface area contributed by atoms with E-state index in [1.807, 2.05) is 6.07 Å². The quantitative estimate of drug-likeness (QED) is 0.194. The average Bonchev–Trinajstić information content (AvgIpc) is 3.29. The van der Waals surface area contributed by atoms with Crippen LogP contribution in [0.15, 0.2) is 47.7 Å². The maximum atomic E-state index is 10.7. The van der Waals surface area contributed by atoms with Gasteiger partial charge in [-0.3, -0.25) is 24.7 Å². The predicted molar refractivity (Wildman–Crippen MR) is 124 cm³/mol. The van der Waals surface area contributed by atoms with E-state index in [9.17, 15) is 10.1 Å². The van der Waals surface area contributed by atoms with Gasteiger partial charge >= 0.3 is 5.69 Å². The Hall–Kier alpha value is -2.21. The normalized spacial score (nSPS) is 19.6. The maximum Gasteiger partial charge on any atom is 0.306 e. The Kier molecular flexibility index (Phi) is 8.83. The number of guanidine groups is 1. The molecule has 0 radical (unpaired) electrons. The van der Waals surface area contributed by atoms with E-state index in [1.54, 1.807) is 11.7 Å². The fourth-order valence-electron chi connectivity index (χ4n) is 3.49. The van der Waals surface area contributed by atoms with Crippen molar-refractivity contribution in [2.24, 2.45) is 4.99 Å². The van der Waals surface area contributed by atoms with Gasteiger partial charge in [-0.05, 0) is 18.9 Å². The molecule has 1 aromatic heterocycles. The Balaban J connectivity index is 0.00000300. The summed E-state index contributed by atoms with van der Waals surface area (Å²) in [7, 11) is 1.74. The van der Waals surface area contributed by atoms with E-state index in [0.717, 1.165) is 25.5 Å². The number of nitrogens with zero attached hydrogens (tertiary/aromatic N) is 5. The van der Waals surface area contributed by atoms with E-state index in [2.05, 4.69) is 56.8 Å². The second-order valence-electron chi connectivity index (χ2n) is 7.06. The van der Waals surface area contributed by atoms with Crippen LogP contribution in [-0.4, -0.2) is 57.8 Å². The number of aliphatic imine (C=N–C) groups is 1. The molecule has 3 rings (SSSR count). The van der Waals surface area contributed by atoms with Gasteiger partial charge in [0.2, 0.25) is 0 Å². The first-order valence-corrected chi connectivity index (χ1v) is 9.47. The molecule has 9 nitrogen and oxygen atoms in total. The monoisotopic (exact) mass is 513 g/mol. The summed E-state index contributed by atoms with van der Waals surface area (Å²) < 4.78 is 1.55. The Morgan fingerprint density at radius 1 is 1.38 bits per heavy atom. The summed E-state index contributed by atoms with van der Waals surface area (Å²) in [6.07, 6.45) is 3.74. The molecular weight excluding hydrogens is 485 g/mol. The van der Waals surface area contributed by atoms with Crippen molar-refractivity contribution >= 4 is 35.6 Å². The number of hydrogen-bond donors (Lipinski definition) is 2. The van der Waals surface area contributed by atoms with E-state index in [-0.39, 0.29) is 29.7 Å². The average molecular weight is 513 g/mol. The van der Waals surface area contributed by atoms with Gasteiger partial charge < -0.3 is 10.6 Å². The zero-order valence-corrected chi connectivity index (χ0v) is 19.0. The van der Waals surface area contributed by atoms with Crippen LogP contribution in [0.2, 0.25) is 0 Å². The molecule has 1 fully saturated rings. The van der Waals surface area contributed by atoms with Gasteiger partial charge in [0.1, 0.15) is 12.4 Å². The van der Waals surface area contributed by atoms with Crippen LogP contribution < -0.4 is 10.6 Å². The van der Waals surface area contributed by atoms with Crippen molar-refractivity contribution in [1.82, 2.24) is 25.3 Å². The molecular formula is C19H28IN7O2. The van der Waals surface area contributed by atoms with E-state index < -0.39 is 4.92 Å². The summed E-state index contributed by atoms with van der Waals surface area (Å²) in [4.78, 5) is 17.0. The van der Waals surface area contributed by atoms with E-state index in [0.29, 0.717) is 25.2 Å². The van der Waals surface area contributed by atoms with Crippen molar-refractivity contribution in [3.63, 3.8) is 0 Å². The van der Waals surface area contributed by atoms with Crippen LogP contribution in [0, 0.1) is 10.1 Å². The van der Waals surface area contributed by atoms with Crippen LogP contribution >= 0.6 is 24.0 Å². The second kappa shape index (κ2) is 11.1.